The first kappa shape index (κ1) is 24.6. The molecule has 34 heavy (non-hydrogen) atoms. The van der Waals surface area contributed by atoms with Gasteiger partial charge in [-0.15, -0.1) is 11.3 Å². The van der Waals surface area contributed by atoms with Crippen LogP contribution >= 0.6 is 11.3 Å². The van der Waals surface area contributed by atoms with Crippen molar-refractivity contribution in [1.82, 2.24) is 14.5 Å². The molecule has 0 saturated carbocycles. The first-order valence-corrected chi connectivity index (χ1v) is 13.8. The number of methoxy groups -OCH3 is 1. The zero-order valence-corrected chi connectivity index (χ0v) is 20.8. The minimum absolute atomic E-state index is 0.0101. The maximum absolute atomic E-state index is 13.3. The summed E-state index contributed by atoms with van der Waals surface area (Å²) in [6.45, 7) is 2.00. The van der Waals surface area contributed by atoms with Crippen molar-refractivity contribution in [2.24, 2.45) is 0 Å². The average Bonchev–Trinajstić information content (AvgIpc) is 3.59. The number of amides is 1. The highest BCUT2D eigenvalue weighted by molar-refractivity contribution is 7.90. The standard InChI is InChI=1S/C24H29N3O5S2/c1-31-13-11-27-20(15-25-24(27)34(29,30)18-19-7-3-2-4-8-19)16-26(17-21-9-5-12-32-21)23(28)22-10-6-14-33-22/h2-4,6-8,10,14-15,21H,5,9,11-13,16-18H2,1H3. The van der Waals surface area contributed by atoms with Crippen molar-refractivity contribution in [2.45, 2.75) is 42.9 Å². The van der Waals surface area contributed by atoms with Gasteiger partial charge < -0.3 is 18.9 Å². The Bertz CT molecular complexity index is 1170. The zero-order chi connectivity index (χ0) is 24.0. The van der Waals surface area contributed by atoms with Crippen LogP contribution in [0.1, 0.15) is 33.8 Å². The average molecular weight is 504 g/mol. The largest absolute Gasteiger partial charge is 0.383 e. The summed E-state index contributed by atoms with van der Waals surface area (Å²) in [7, 11) is -2.14. The van der Waals surface area contributed by atoms with E-state index in [1.165, 1.54) is 11.3 Å². The van der Waals surface area contributed by atoms with Gasteiger partial charge in [0, 0.05) is 26.8 Å². The predicted octanol–water partition coefficient (Wildman–Crippen LogP) is 3.39. The fourth-order valence-electron chi connectivity index (χ4n) is 4.05. The topological polar surface area (TPSA) is 90.7 Å². The molecule has 1 aromatic carbocycles. The van der Waals surface area contributed by atoms with Gasteiger partial charge in [0.15, 0.2) is 0 Å². The second-order valence-electron chi connectivity index (χ2n) is 8.22. The normalized spacial score (nSPS) is 16.1. The fourth-order valence-corrected chi connectivity index (χ4v) is 6.26. The molecule has 1 fully saturated rings. The lowest BCUT2D eigenvalue weighted by atomic mass is 10.2. The number of benzene rings is 1. The highest BCUT2D eigenvalue weighted by Crippen LogP contribution is 2.22. The number of carbonyl (C=O) groups excluding carboxylic acids is 1. The number of imidazole rings is 1. The molecule has 0 bridgehead atoms. The molecule has 0 spiro atoms. The number of thiophene rings is 1. The van der Waals surface area contributed by atoms with E-state index in [1.54, 1.807) is 41.0 Å². The van der Waals surface area contributed by atoms with E-state index < -0.39 is 9.84 Å². The van der Waals surface area contributed by atoms with E-state index in [1.807, 2.05) is 29.6 Å². The molecule has 1 amide bonds. The lowest BCUT2D eigenvalue weighted by Gasteiger charge is -2.25. The van der Waals surface area contributed by atoms with Crippen molar-refractivity contribution in [3.63, 3.8) is 0 Å². The molecule has 1 unspecified atom stereocenters. The van der Waals surface area contributed by atoms with Gasteiger partial charge in [-0.1, -0.05) is 36.4 Å². The van der Waals surface area contributed by atoms with Crippen LogP contribution in [-0.2, 0) is 38.2 Å². The summed E-state index contributed by atoms with van der Waals surface area (Å²) in [6, 6.07) is 12.7. The number of carbonyl (C=O) groups is 1. The summed E-state index contributed by atoms with van der Waals surface area (Å²) in [4.78, 5) is 19.9. The summed E-state index contributed by atoms with van der Waals surface area (Å²) in [5.41, 5.74) is 1.34. The lowest BCUT2D eigenvalue weighted by Crippen LogP contribution is -2.37. The number of aromatic nitrogens is 2. The zero-order valence-electron chi connectivity index (χ0n) is 19.1. The third-order valence-electron chi connectivity index (χ3n) is 5.72. The first-order chi connectivity index (χ1) is 16.5. The Morgan fingerprint density at radius 1 is 1.26 bits per heavy atom. The molecule has 0 radical (unpaired) electrons. The molecule has 1 aliphatic heterocycles. The van der Waals surface area contributed by atoms with Gasteiger partial charge in [0.1, 0.15) is 0 Å². The summed E-state index contributed by atoms with van der Waals surface area (Å²) in [6.07, 6.45) is 3.39. The Morgan fingerprint density at radius 3 is 2.76 bits per heavy atom. The minimum atomic E-state index is -3.70. The van der Waals surface area contributed by atoms with Crippen LogP contribution in [0, 0.1) is 0 Å². The molecule has 0 aliphatic carbocycles. The van der Waals surface area contributed by atoms with Crippen LogP contribution in [0.2, 0.25) is 0 Å². The highest BCUT2D eigenvalue weighted by atomic mass is 32.2. The monoisotopic (exact) mass is 503 g/mol. The third kappa shape index (κ3) is 5.93. The number of ether oxygens (including phenoxy) is 2. The smallest absolute Gasteiger partial charge is 0.264 e. The number of sulfone groups is 1. The molecule has 10 heteroatoms. The van der Waals surface area contributed by atoms with Gasteiger partial charge in [0.05, 0.1) is 41.8 Å². The van der Waals surface area contributed by atoms with Crippen LogP contribution < -0.4 is 0 Å². The molecule has 3 heterocycles. The van der Waals surface area contributed by atoms with E-state index in [4.69, 9.17) is 9.47 Å². The molecule has 1 aliphatic rings. The van der Waals surface area contributed by atoms with Gasteiger partial charge in [-0.2, -0.15) is 0 Å². The second-order valence-corrected chi connectivity index (χ2v) is 11.1. The molecule has 1 atom stereocenters. The quantitative estimate of drug-likeness (QED) is 0.398. The second kappa shape index (κ2) is 11.3. The van der Waals surface area contributed by atoms with Gasteiger partial charge in [-0.3, -0.25) is 4.79 Å². The van der Waals surface area contributed by atoms with Gasteiger partial charge >= 0.3 is 0 Å². The number of hydrogen-bond acceptors (Lipinski definition) is 7. The maximum Gasteiger partial charge on any atom is 0.264 e. The molecule has 0 N–H and O–H groups in total. The van der Waals surface area contributed by atoms with Crippen molar-refractivity contribution in [1.29, 1.82) is 0 Å². The SMILES string of the molecule is COCCn1c(CN(CC2CCCO2)C(=O)c2cccs2)cnc1S(=O)(=O)Cc1ccccc1. The van der Waals surface area contributed by atoms with Crippen molar-refractivity contribution in [3.05, 3.63) is 70.2 Å². The molecule has 1 saturated heterocycles. The van der Waals surface area contributed by atoms with Crippen LogP contribution in [0.15, 0.2) is 59.2 Å². The molecular formula is C24H29N3O5S2. The van der Waals surface area contributed by atoms with Crippen molar-refractivity contribution in [3.8, 4) is 0 Å². The fraction of sp³-hybridized carbons (Fsp3) is 0.417. The van der Waals surface area contributed by atoms with E-state index in [9.17, 15) is 13.2 Å². The lowest BCUT2D eigenvalue weighted by molar-refractivity contribution is 0.0504. The molecule has 182 valence electrons. The first-order valence-electron chi connectivity index (χ1n) is 11.2. The minimum Gasteiger partial charge on any atom is -0.383 e. The Labute approximate surface area is 204 Å². The van der Waals surface area contributed by atoms with Crippen LogP contribution in [-0.4, -0.2) is 61.7 Å². The van der Waals surface area contributed by atoms with Crippen LogP contribution in [0.3, 0.4) is 0 Å². The van der Waals surface area contributed by atoms with E-state index in [2.05, 4.69) is 4.98 Å². The van der Waals surface area contributed by atoms with Crippen LogP contribution in [0.5, 0.6) is 0 Å². The molecule has 3 aromatic rings. The van der Waals surface area contributed by atoms with E-state index in [-0.39, 0.29) is 29.5 Å². The Kier molecular flexibility index (Phi) is 8.15. The van der Waals surface area contributed by atoms with Crippen molar-refractivity contribution >= 4 is 27.1 Å². The summed E-state index contributed by atoms with van der Waals surface area (Å²) in [5.74, 6) is -0.246. The Morgan fingerprint density at radius 2 is 2.09 bits per heavy atom. The van der Waals surface area contributed by atoms with E-state index in [0.717, 1.165) is 12.8 Å². The van der Waals surface area contributed by atoms with Crippen molar-refractivity contribution < 1.29 is 22.7 Å². The number of rotatable bonds is 11. The van der Waals surface area contributed by atoms with Gasteiger partial charge in [0.2, 0.25) is 15.0 Å². The van der Waals surface area contributed by atoms with Gasteiger partial charge in [-0.05, 0) is 29.9 Å². The summed E-state index contributed by atoms with van der Waals surface area (Å²) in [5, 5.41) is 1.86. The summed E-state index contributed by atoms with van der Waals surface area (Å²) >= 11 is 1.39. The number of nitrogens with zero attached hydrogens (tertiary/aromatic N) is 3. The summed E-state index contributed by atoms with van der Waals surface area (Å²) < 4.78 is 39.2. The molecule has 2 aromatic heterocycles. The van der Waals surface area contributed by atoms with Crippen molar-refractivity contribution in [2.75, 3.05) is 26.9 Å². The molecular weight excluding hydrogens is 474 g/mol. The highest BCUT2D eigenvalue weighted by Gasteiger charge is 2.28. The maximum atomic E-state index is 13.3. The molecule has 4 rings (SSSR count). The van der Waals surface area contributed by atoms with Crippen LogP contribution in [0.4, 0.5) is 0 Å². The van der Waals surface area contributed by atoms with Crippen LogP contribution in [0.25, 0.3) is 0 Å². The van der Waals surface area contributed by atoms with E-state index in [0.29, 0.717) is 42.4 Å². The Balaban J connectivity index is 1.63. The predicted molar refractivity (Wildman–Crippen MR) is 129 cm³/mol. The molecule has 8 nitrogen and oxygen atoms in total. The third-order valence-corrected chi connectivity index (χ3v) is 8.17. The van der Waals surface area contributed by atoms with Gasteiger partial charge in [0.25, 0.3) is 5.91 Å². The Hall–Kier alpha value is -2.53. The number of hydrogen-bond donors (Lipinski definition) is 0. The van der Waals surface area contributed by atoms with E-state index >= 15 is 0 Å². The van der Waals surface area contributed by atoms with Gasteiger partial charge in [-0.25, -0.2) is 13.4 Å².